The lowest BCUT2D eigenvalue weighted by Gasteiger charge is -2.45. The summed E-state index contributed by atoms with van der Waals surface area (Å²) in [6.07, 6.45) is -0.221. The van der Waals surface area contributed by atoms with E-state index in [0.29, 0.717) is 19.8 Å². The summed E-state index contributed by atoms with van der Waals surface area (Å²) in [7, 11) is 1.56. The molecule has 0 aliphatic carbocycles. The topological polar surface area (TPSA) is 72.5 Å². The summed E-state index contributed by atoms with van der Waals surface area (Å²) in [5, 5.41) is 0. The molecule has 0 saturated carbocycles. The van der Waals surface area contributed by atoms with E-state index in [0.717, 1.165) is 16.7 Å². The van der Waals surface area contributed by atoms with Crippen molar-refractivity contribution in [3.8, 4) is 0 Å². The van der Waals surface area contributed by atoms with E-state index in [1.807, 2.05) is 91.0 Å². The van der Waals surface area contributed by atoms with Gasteiger partial charge in [-0.2, -0.15) is 0 Å². The van der Waals surface area contributed by atoms with E-state index in [1.165, 1.54) is 6.08 Å². The van der Waals surface area contributed by atoms with Crippen molar-refractivity contribution < 1.29 is 33.2 Å². The van der Waals surface area contributed by atoms with Crippen LogP contribution in [0, 0.1) is 0 Å². The number of hydrogen-bond donors (Lipinski definition) is 0. The quantitative estimate of drug-likeness (QED) is 0.220. The maximum Gasteiger partial charge on any atom is 0.330 e. The van der Waals surface area contributed by atoms with Crippen LogP contribution in [0.5, 0.6) is 0 Å². The molecular formula is C32H36O7. The minimum absolute atomic E-state index is 0.0287. The van der Waals surface area contributed by atoms with Crippen molar-refractivity contribution in [1.29, 1.82) is 0 Å². The number of carbonyl (C=O) groups excluding carboxylic acids is 1. The average Bonchev–Trinajstić information content (AvgIpc) is 2.98. The normalized spacial score (nSPS) is 23.1. The van der Waals surface area contributed by atoms with Crippen LogP contribution >= 0.6 is 0 Å². The molecule has 0 N–H and O–H groups in total. The zero-order valence-electron chi connectivity index (χ0n) is 22.4. The van der Waals surface area contributed by atoms with E-state index >= 15 is 0 Å². The van der Waals surface area contributed by atoms with Gasteiger partial charge in [0.1, 0.15) is 31.0 Å². The van der Waals surface area contributed by atoms with Gasteiger partial charge < -0.3 is 28.4 Å². The third-order valence-corrected chi connectivity index (χ3v) is 6.37. The second-order valence-corrected chi connectivity index (χ2v) is 9.19. The number of rotatable bonds is 13. The summed E-state index contributed by atoms with van der Waals surface area (Å²) in [6.45, 7) is 2.73. The molecule has 1 fully saturated rings. The van der Waals surface area contributed by atoms with Crippen LogP contribution in [-0.2, 0) is 53.0 Å². The highest BCUT2D eigenvalue weighted by Gasteiger charge is 2.49. The fourth-order valence-corrected chi connectivity index (χ4v) is 4.42. The number of methoxy groups -OCH3 is 1. The Balaban J connectivity index is 1.60. The molecular weight excluding hydrogens is 496 g/mol. The van der Waals surface area contributed by atoms with Crippen LogP contribution in [0.1, 0.15) is 23.6 Å². The van der Waals surface area contributed by atoms with Gasteiger partial charge in [-0.25, -0.2) is 4.79 Å². The smallest absolute Gasteiger partial charge is 0.330 e. The first-order valence-electron chi connectivity index (χ1n) is 13.1. The Kier molecular flexibility index (Phi) is 11.3. The standard InChI is InChI=1S/C32H36O7/c1-3-13-28(33)35-23-27-29(36-20-24-14-7-4-8-15-24)30(37-21-25-16-9-5-10-17-25)31(32(34-2)39-27)38-22-26-18-11-6-12-19-26/h3-19,27,29-32H,20-23H2,1-2H3/b13-3+/t27-,29-,30+,31-,32+/m1/s1. The number of benzene rings is 3. The van der Waals surface area contributed by atoms with Gasteiger partial charge in [0.25, 0.3) is 0 Å². The summed E-state index contributed by atoms with van der Waals surface area (Å²) in [4.78, 5) is 12.1. The summed E-state index contributed by atoms with van der Waals surface area (Å²) < 4.78 is 36.9. The van der Waals surface area contributed by atoms with Crippen molar-refractivity contribution in [3.05, 3.63) is 120 Å². The van der Waals surface area contributed by atoms with Crippen LogP contribution in [0.2, 0.25) is 0 Å². The first kappa shape index (κ1) is 28.7. The van der Waals surface area contributed by atoms with E-state index in [9.17, 15) is 4.79 Å². The van der Waals surface area contributed by atoms with E-state index in [2.05, 4.69) is 0 Å². The molecule has 39 heavy (non-hydrogen) atoms. The maximum absolute atomic E-state index is 12.1. The Bertz CT molecular complexity index is 1140. The van der Waals surface area contributed by atoms with E-state index < -0.39 is 36.7 Å². The molecule has 0 radical (unpaired) electrons. The zero-order chi connectivity index (χ0) is 27.3. The van der Waals surface area contributed by atoms with Crippen LogP contribution in [0.4, 0.5) is 0 Å². The van der Waals surface area contributed by atoms with Crippen molar-refractivity contribution in [1.82, 2.24) is 0 Å². The molecule has 0 aromatic heterocycles. The number of ether oxygens (including phenoxy) is 6. The predicted molar refractivity (Wildman–Crippen MR) is 146 cm³/mol. The number of carbonyl (C=O) groups is 1. The van der Waals surface area contributed by atoms with E-state index in [-0.39, 0.29) is 6.61 Å². The van der Waals surface area contributed by atoms with Gasteiger partial charge in [-0.05, 0) is 23.6 Å². The largest absolute Gasteiger partial charge is 0.460 e. The molecule has 1 aliphatic heterocycles. The molecule has 1 aliphatic rings. The van der Waals surface area contributed by atoms with Gasteiger partial charge in [-0.1, -0.05) is 97.1 Å². The van der Waals surface area contributed by atoms with E-state index in [4.69, 9.17) is 28.4 Å². The molecule has 0 amide bonds. The van der Waals surface area contributed by atoms with E-state index in [1.54, 1.807) is 20.1 Å². The first-order chi connectivity index (χ1) is 19.2. The molecule has 4 rings (SSSR count). The molecule has 3 aromatic carbocycles. The second kappa shape index (κ2) is 15.3. The zero-order valence-corrected chi connectivity index (χ0v) is 22.4. The minimum atomic E-state index is -0.767. The minimum Gasteiger partial charge on any atom is -0.460 e. The SMILES string of the molecule is C/C=C/C(=O)OC[C@H]1O[C@H](OC)[C@H](OCc2ccccc2)[C@@H](OCc2ccccc2)[C@@H]1OCc1ccccc1. The molecule has 7 heteroatoms. The molecule has 0 unspecified atom stereocenters. The van der Waals surface area contributed by atoms with Crippen LogP contribution in [0.25, 0.3) is 0 Å². The number of hydrogen-bond acceptors (Lipinski definition) is 7. The molecule has 3 aromatic rings. The highest BCUT2D eigenvalue weighted by molar-refractivity contribution is 5.81. The fraction of sp³-hybridized carbons (Fsp3) is 0.344. The maximum atomic E-state index is 12.1. The Morgan fingerprint density at radius 1 is 0.718 bits per heavy atom. The molecule has 0 spiro atoms. The van der Waals surface area contributed by atoms with Crippen LogP contribution in [0.3, 0.4) is 0 Å². The van der Waals surface area contributed by atoms with Crippen LogP contribution in [0.15, 0.2) is 103 Å². The van der Waals surface area contributed by atoms with Gasteiger partial charge in [0.05, 0.1) is 19.8 Å². The highest BCUT2D eigenvalue weighted by atomic mass is 16.7. The Morgan fingerprint density at radius 3 is 1.64 bits per heavy atom. The lowest BCUT2D eigenvalue weighted by atomic mass is 9.97. The van der Waals surface area contributed by atoms with Crippen molar-refractivity contribution in [2.45, 2.75) is 57.5 Å². The molecule has 206 valence electrons. The molecule has 1 heterocycles. The summed E-state index contributed by atoms with van der Waals surface area (Å²) in [5.41, 5.74) is 3.02. The van der Waals surface area contributed by atoms with Crippen LogP contribution < -0.4 is 0 Å². The number of allylic oxidation sites excluding steroid dienone is 1. The van der Waals surface area contributed by atoms with Crippen molar-refractivity contribution in [3.63, 3.8) is 0 Å². The summed E-state index contributed by atoms with van der Waals surface area (Å²) in [6, 6.07) is 29.7. The Morgan fingerprint density at radius 2 is 1.18 bits per heavy atom. The summed E-state index contributed by atoms with van der Waals surface area (Å²) in [5.74, 6) is -0.457. The molecule has 5 atom stereocenters. The average molecular weight is 533 g/mol. The van der Waals surface area contributed by atoms with Gasteiger partial charge in [-0.3, -0.25) is 0 Å². The molecule has 1 saturated heterocycles. The monoisotopic (exact) mass is 532 g/mol. The van der Waals surface area contributed by atoms with Gasteiger partial charge in [0, 0.05) is 13.2 Å². The lowest BCUT2D eigenvalue weighted by molar-refractivity contribution is -0.321. The fourth-order valence-electron chi connectivity index (χ4n) is 4.42. The third kappa shape index (κ3) is 8.58. The number of esters is 1. The van der Waals surface area contributed by atoms with Crippen molar-refractivity contribution >= 4 is 5.97 Å². The van der Waals surface area contributed by atoms with Crippen molar-refractivity contribution in [2.75, 3.05) is 13.7 Å². The second-order valence-electron chi connectivity index (χ2n) is 9.19. The Labute approximate surface area is 230 Å². The molecule has 0 bridgehead atoms. The Hall–Kier alpha value is -3.33. The van der Waals surface area contributed by atoms with Gasteiger partial charge in [-0.15, -0.1) is 0 Å². The molecule has 7 nitrogen and oxygen atoms in total. The lowest BCUT2D eigenvalue weighted by Crippen LogP contribution is -2.61. The van der Waals surface area contributed by atoms with Crippen LogP contribution in [-0.4, -0.2) is 50.4 Å². The van der Waals surface area contributed by atoms with Gasteiger partial charge in [0.2, 0.25) is 0 Å². The predicted octanol–water partition coefficient (Wildman–Crippen LogP) is 5.23. The summed E-state index contributed by atoms with van der Waals surface area (Å²) >= 11 is 0. The first-order valence-corrected chi connectivity index (χ1v) is 13.1. The van der Waals surface area contributed by atoms with Crippen molar-refractivity contribution in [2.24, 2.45) is 0 Å². The highest BCUT2D eigenvalue weighted by Crippen LogP contribution is 2.31. The van der Waals surface area contributed by atoms with Gasteiger partial charge >= 0.3 is 5.97 Å². The third-order valence-electron chi connectivity index (χ3n) is 6.37. The van der Waals surface area contributed by atoms with Gasteiger partial charge in [0.15, 0.2) is 6.29 Å².